The SMILES string of the molecule is O=C(NCCc1ccc(F)cc1)C(O)(c1ccccc1)c1ccccc1. The molecule has 0 aliphatic carbocycles. The van der Waals surface area contributed by atoms with E-state index >= 15 is 0 Å². The molecule has 132 valence electrons. The van der Waals surface area contributed by atoms with Crippen LogP contribution in [0, 0.1) is 5.82 Å². The minimum absolute atomic E-state index is 0.291. The summed E-state index contributed by atoms with van der Waals surface area (Å²) in [7, 11) is 0. The molecule has 0 aromatic heterocycles. The number of hydrogen-bond donors (Lipinski definition) is 2. The zero-order valence-electron chi connectivity index (χ0n) is 14.2. The Morgan fingerprint density at radius 2 is 1.35 bits per heavy atom. The number of halogens is 1. The highest BCUT2D eigenvalue weighted by atomic mass is 19.1. The van der Waals surface area contributed by atoms with Gasteiger partial charge in [0.05, 0.1) is 0 Å². The van der Waals surface area contributed by atoms with Crippen LogP contribution in [0.25, 0.3) is 0 Å². The number of hydrogen-bond acceptors (Lipinski definition) is 2. The van der Waals surface area contributed by atoms with Crippen LogP contribution < -0.4 is 5.32 Å². The fourth-order valence-corrected chi connectivity index (χ4v) is 2.89. The van der Waals surface area contributed by atoms with Crippen molar-refractivity contribution in [2.45, 2.75) is 12.0 Å². The van der Waals surface area contributed by atoms with E-state index in [0.717, 1.165) is 5.56 Å². The van der Waals surface area contributed by atoms with E-state index in [9.17, 15) is 14.3 Å². The number of amides is 1. The highest BCUT2D eigenvalue weighted by Gasteiger charge is 2.39. The van der Waals surface area contributed by atoms with E-state index in [2.05, 4.69) is 5.32 Å². The molecule has 0 unspecified atom stereocenters. The first-order chi connectivity index (χ1) is 12.6. The molecule has 0 saturated heterocycles. The summed E-state index contributed by atoms with van der Waals surface area (Å²) in [6.07, 6.45) is 0.547. The molecule has 0 atom stereocenters. The number of carbonyl (C=O) groups excluding carboxylic acids is 1. The van der Waals surface area contributed by atoms with Gasteiger partial charge in [0, 0.05) is 6.54 Å². The highest BCUT2D eigenvalue weighted by molar-refractivity contribution is 5.90. The second-order valence-corrected chi connectivity index (χ2v) is 6.07. The standard InChI is InChI=1S/C22H20FNO2/c23-20-13-11-17(12-14-20)15-16-24-21(25)22(26,18-7-3-1-4-8-18)19-9-5-2-6-10-19/h1-14,26H,15-16H2,(H,24,25). The van der Waals surface area contributed by atoms with E-state index in [1.807, 2.05) is 12.1 Å². The van der Waals surface area contributed by atoms with Crippen molar-refractivity contribution >= 4 is 5.91 Å². The Labute approximate surface area is 152 Å². The van der Waals surface area contributed by atoms with Crippen LogP contribution in [0.4, 0.5) is 4.39 Å². The van der Waals surface area contributed by atoms with Crippen LogP contribution in [0.15, 0.2) is 84.9 Å². The van der Waals surface area contributed by atoms with Crippen molar-refractivity contribution in [1.82, 2.24) is 5.32 Å². The molecule has 3 aromatic carbocycles. The Morgan fingerprint density at radius 1 is 0.846 bits per heavy atom. The van der Waals surface area contributed by atoms with Gasteiger partial charge in [0.1, 0.15) is 5.82 Å². The molecule has 0 heterocycles. The molecular formula is C22H20FNO2. The topological polar surface area (TPSA) is 49.3 Å². The number of carbonyl (C=O) groups is 1. The van der Waals surface area contributed by atoms with Crippen molar-refractivity contribution in [3.05, 3.63) is 107 Å². The zero-order valence-corrected chi connectivity index (χ0v) is 14.2. The second kappa shape index (κ2) is 7.93. The van der Waals surface area contributed by atoms with Crippen LogP contribution in [0.5, 0.6) is 0 Å². The van der Waals surface area contributed by atoms with Gasteiger partial charge in [-0.1, -0.05) is 72.8 Å². The summed E-state index contributed by atoms with van der Waals surface area (Å²) in [4.78, 5) is 12.9. The Kier molecular flexibility index (Phi) is 5.44. The van der Waals surface area contributed by atoms with E-state index in [4.69, 9.17) is 0 Å². The van der Waals surface area contributed by atoms with E-state index < -0.39 is 11.5 Å². The first-order valence-electron chi connectivity index (χ1n) is 8.47. The Bertz CT molecular complexity index is 809. The molecule has 0 fully saturated rings. The van der Waals surface area contributed by atoms with Gasteiger partial charge >= 0.3 is 0 Å². The number of benzene rings is 3. The quantitative estimate of drug-likeness (QED) is 0.716. The summed E-state index contributed by atoms with van der Waals surface area (Å²) < 4.78 is 13.0. The molecule has 0 spiro atoms. The molecule has 26 heavy (non-hydrogen) atoms. The normalized spacial score (nSPS) is 11.2. The molecule has 3 nitrogen and oxygen atoms in total. The Hall–Kier alpha value is -2.98. The van der Waals surface area contributed by atoms with Gasteiger partial charge in [0.2, 0.25) is 0 Å². The van der Waals surface area contributed by atoms with Crippen molar-refractivity contribution in [3.63, 3.8) is 0 Å². The van der Waals surface area contributed by atoms with Crippen LogP contribution in [-0.4, -0.2) is 17.6 Å². The lowest BCUT2D eigenvalue weighted by Gasteiger charge is -2.28. The first-order valence-corrected chi connectivity index (χ1v) is 8.47. The lowest BCUT2D eigenvalue weighted by atomic mass is 9.85. The largest absolute Gasteiger partial charge is 0.372 e. The maximum absolute atomic E-state index is 13.0. The van der Waals surface area contributed by atoms with E-state index in [1.165, 1.54) is 12.1 Å². The third-order valence-corrected chi connectivity index (χ3v) is 4.32. The van der Waals surface area contributed by atoms with Gasteiger partial charge in [-0.15, -0.1) is 0 Å². The smallest absolute Gasteiger partial charge is 0.261 e. The van der Waals surface area contributed by atoms with E-state index in [1.54, 1.807) is 60.7 Å². The van der Waals surface area contributed by atoms with Crippen molar-refractivity contribution in [1.29, 1.82) is 0 Å². The molecular weight excluding hydrogens is 329 g/mol. The maximum Gasteiger partial charge on any atom is 0.261 e. The molecule has 4 heteroatoms. The van der Waals surface area contributed by atoms with Crippen molar-refractivity contribution in [3.8, 4) is 0 Å². The van der Waals surface area contributed by atoms with E-state index in [0.29, 0.717) is 24.1 Å². The van der Waals surface area contributed by atoms with Gasteiger partial charge in [0.25, 0.3) is 5.91 Å². The van der Waals surface area contributed by atoms with Crippen molar-refractivity contribution < 1.29 is 14.3 Å². The summed E-state index contributed by atoms with van der Waals surface area (Å²) in [5, 5.41) is 14.1. The summed E-state index contributed by atoms with van der Waals surface area (Å²) in [6, 6.07) is 23.9. The van der Waals surface area contributed by atoms with Crippen LogP contribution >= 0.6 is 0 Å². The van der Waals surface area contributed by atoms with Gasteiger partial charge in [-0.25, -0.2) is 4.39 Å². The molecule has 2 N–H and O–H groups in total. The second-order valence-electron chi connectivity index (χ2n) is 6.07. The molecule has 0 bridgehead atoms. The maximum atomic E-state index is 13.0. The first kappa shape index (κ1) is 17.8. The molecule has 0 aliphatic heterocycles. The highest BCUT2D eigenvalue weighted by Crippen LogP contribution is 2.29. The monoisotopic (exact) mass is 349 g/mol. The van der Waals surface area contributed by atoms with Crippen LogP contribution in [0.3, 0.4) is 0 Å². The van der Waals surface area contributed by atoms with Gasteiger partial charge < -0.3 is 10.4 Å². The molecule has 0 saturated carbocycles. The summed E-state index contributed by atoms with van der Waals surface area (Å²) in [5.74, 6) is -0.780. The minimum Gasteiger partial charge on any atom is -0.372 e. The van der Waals surface area contributed by atoms with Gasteiger partial charge in [-0.3, -0.25) is 4.79 Å². The predicted molar refractivity (Wildman–Crippen MR) is 99.0 cm³/mol. The fraction of sp³-hybridized carbons (Fsp3) is 0.136. The number of aliphatic hydroxyl groups is 1. The third-order valence-electron chi connectivity index (χ3n) is 4.32. The average molecular weight is 349 g/mol. The molecule has 0 aliphatic rings. The third kappa shape index (κ3) is 3.81. The summed E-state index contributed by atoms with van der Waals surface area (Å²) in [5.41, 5.74) is 0.149. The van der Waals surface area contributed by atoms with Gasteiger partial charge in [0.15, 0.2) is 5.60 Å². The summed E-state index contributed by atoms with van der Waals surface area (Å²) in [6.45, 7) is 0.340. The van der Waals surface area contributed by atoms with Crippen molar-refractivity contribution in [2.75, 3.05) is 6.54 Å². The molecule has 1 amide bonds. The van der Waals surface area contributed by atoms with Crippen molar-refractivity contribution in [2.24, 2.45) is 0 Å². The predicted octanol–water partition coefficient (Wildman–Crippen LogP) is 3.42. The lowest BCUT2D eigenvalue weighted by molar-refractivity contribution is -0.136. The van der Waals surface area contributed by atoms with Crippen LogP contribution in [-0.2, 0) is 16.8 Å². The van der Waals surface area contributed by atoms with Crippen LogP contribution in [0.1, 0.15) is 16.7 Å². The zero-order chi connectivity index (χ0) is 18.4. The van der Waals surface area contributed by atoms with Gasteiger partial charge in [-0.05, 0) is 35.2 Å². The fourth-order valence-electron chi connectivity index (χ4n) is 2.89. The lowest BCUT2D eigenvalue weighted by Crippen LogP contribution is -2.46. The Balaban J connectivity index is 1.78. The number of rotatable bonds is 6. The summed E-state index contributed by atoms with van der Waals surface area (Å²) >= 11 is 0. The average Bonchev–Trinajstić information content (AvgIpc) is 2.70. The number of nitrogens with one attached hydrogen (secondary N) is 1. The van der Waals surface area contributed by atoms with Crippen LogP contribution in [0.2, 0.25) is 0 Å². The molecule has 3 rings (SSSR count). The van der Waals surface area contributed by atoms with Gasteiger partial charge in [-0.2, -0.15) is 0 Å². The minimum atomic E-state index is -1.77. The molecule has 0 radical (unpaired) electrons. The van der Waals surface area contributed by atoms with E-state index in [-0.39, 0.29) is 5.82 Å². The Morgan fingerprint density at radius 3 is 1.85 bits per heavy atom. The molecule has 3 aromatic rings.